The van der Waals surface area contributed by atoms with E-state index in [1.807, 2.05) is 102 Å². The van der Waals surface area contributed by atoms with Crippen molar-refractivity contribution in [2.75, 3.05) is 34.4 Å². The van der Waals surface area contributed by atoms with Gasteiger partial charge in [-0.3, -0.25) is 9.11 Å². The molecule has 2 aliphatic heterocycles. The number of hydrogen-bond acceptors (Lipinski definition) is 8. The van der Waals surface area contributed by atoms with E-state index in [-0.39, 0.29) is 24.3 Å². The molecule has 0 amide bonds. The third-order valence-electron chi connectivity index (χ3n) is 8.14. The average Bonchev–Trinajstić information content (AvgIpc) is 3.57. The first-order valence-electron chi connectivity index (χ1n) is 15.4. The summed E-state index contributed by atoms with van der Waals surface area (Å²) < 4.78 is 76.9. The Bertz CT molecular complexity index is 1970. The second-order valence-corrected chi connectivity index (χ2v) is 14.7. The van der Waals surface area contributed by atoms with Gasteiger partial charge in [0.25, 0.3) is 20.2 Å². The molecule has 0 aliphatic carbocycles. The summed E-state index contributed by atoms with van der Waals surface area (Å²) in [4.78, 5) is 4.04. The van der Waals surface area contributed by atoms with Crippen molar-refractivity contribution in [1.29, 1.82) is 0 Å². The van der Waals surface area contributed by atoms with Crippen molar-refractivity contribution >= 4 is 31.6 Å². The van der Waals surface area contributed by atoms with Gasteiger partial charge in [-0.1, -0.05) is 72.8 Å². The summed E-state index contributed by atoms with van der Waals surface area (Å²) in [5, 5.41) is 0. The Morgan fingerprint density at radius 3 is 1.72 bits per heavy atom. The molecule has 0 fully saturated rings. The van der Waals surface area contributed by atoms with E-state index in [2.05, 4.69) is 11.0 Å². The Labute approximate surface area is 275 Å². The van der Waals surface area contributed by atoms with Crippen molar-refractivity contribution in [1.82, 2.24) is 0 Å². The summed E-state index contributed by atoms with van der Waals surface area (Å²) >= 11 is 0. The van der Waals surface area contributed by atoms with Crippen LogP contribution < -0.4 is 19.3 Å². The van der Waals surface area contributed by atoms with Gasteiger partial charge in [0, 0.05) is 19.2 Å². The number of ether oxygens (including phenoxy) is 2. The van der Waals surface area contributed by atoms with Gasteiger partial charge in [0.1, 0.15) is 5.75 Å². The van der Waals surface area contributed by atoms with Gasteiger partial charge >= 0.3 is 0 Å². The minimum absolute atomic E-state index is 0.268. The topological polar surface area (TPSA) is 134 Å². The van der Waals surface area contributed by atoms with Crippen LogP contribution in [0.2, 0.25) is 0 Å². The van der Waals surface area contributed by atoms with Crippen LogP contribution in [0.15, 0.2) is 109 Å². The van der Waals surface area contributed by atoms with E-state index in [1.165, 1.54) is 0 Å². The van der Waals surface area contributed by atoms with Crippen molar-refractivity contribution in [3.8, 4) is 33.8 Å². The Morgan fingerprint density at radius 1 is 0.617 bits per heavy atom. The molecule has 10 nitrogen and oxygen atoms in total. The molecule has 2 heterocycles. The minimum atomic E-state index is -4.08. The molecule has 0 aromatic heterocycles. The Hall–Kier alpha value is -4.36. The SMILES string of the molecule is O=S(=O)(O)CCCCN1C(=CC2Oc3ccc(-c4ccccc4)cc3N2CCCCS(=O)(=O)O)Oc2ccc(-c3ccccc3)cc21. The fourth-order valence-corrected chi connectivity index (χ4v) is 7.00. The van der Waals surface area contributed by atoms with Gasteiger partial charge in [0.05, 0.1) is 22.9 Å². The van der Waals surface area contributed by atoms with Crippen LogP contribution in [0.25, 0.3) is 22.3 Å². The molecule has 4 aromatic rings. The number of nitrogens with zero attached hydrogens (tertiary/aromatic N) is 2. The van der Waals surface area contributed by atoms with Gasteiger partial charge in [0.2, 0.25) is 5.88 Å². The maximum atomic E-state index is 11.4. The molecule has 4 aromatic carbocycles. The zero-order valence-corrected chi connectivity index (χ0v) is 27.2. The zero-order valence-electron chi connectivity index (χ0n) is 25.6. The van der Waals surface area contributed by atoms with Crippen LogP contribution in [0.4, 0.5) is 11.4 Å². The van der Waals surface area contributed by atoms with Crippen LogP contribution in [0, 0.1) is 0 Å². The molecule has 1 unspecified atom stereocenters. The molecule has 0 bridgehead atoms. The molecule has 2 aliphatic rings. The summed E-state index contributed by atoms with van der Waals surface area (Å²) in [5.74, 6) is 1.17. The molecule has 12 heteroatoms. The summed E-state index contributed by atoms with van der Waals surface area (Å²) in [6.07, 6.45) is 2.77. The first-order valence-corrected chi connectivity index (χ1v) is 18.7. The highest BCUT2D eigenvalue weighted by Gasteiger charge is 2.34. The average molecular weight is 677 g/mol. The number of rotatable bonds is 13. The van der Waals surface area contributed by atoms with Crippen molar-refractivity contribution in [2.24, 2.45) is 0 Å². The van der Waals surface area contributed by atoms with E-state index in [4.69, 9.17) is 9.47 Å². The smallest absolute Gasteiger partial charge is 0.264 e. The molecular weight excluding hydrogens is 641 g/mol. The molecule has 0 radical (unpaired) electrons. The lowest BCUT2D eigenvalue weighted by molar-refractivity contribution is 0.265. The Morgan fingerprint density at radius 2 is 1.15 bits per heavy atom. The van der Waals surface area contributed by atoms with Crippen LogP contribution in [0.3, 0.4) is 0 Å². The molecule has 0 spiro atoms. The van der Waals surface area contributed by atoms with Crippen LogP contribution >= 0.6 is 0 Å². The Kier molecular flexibility index (Phi) is 9.55. The van der Waals surface area contributed by atoms with Crippen molar-refractivity contribution in [3.63, 3.8) is 0 Å². The number of anilines is 2. The molecule has 0 saturated heterocycles. The molecule has 2 N–H and O–H groups in total. The molecule has 47 heavy (non-hydrogen) atoms. The normalized spacial score (nSPS) is 16.6. The van der Waals surface area contributed by atoms with Gasteiger partial charge in [-0.15, -0.1) is 0 Å². The molecule has 6 rings (SSSR count). The fourth-order valence-electron chi connectivity index (χ4n) is 5.86. The predicted octanol–water partition coefficient (Wildman–Crippen LogP) is 6.62. The lowest BCUT2D eigenvalue weighted by Crippen LogP contribution is -2.36. The highest BCUT2D eigenvalue weighted by molar-refractivity contribution is 7.86. The molecule has 1 atom stereocenters. The van der Waals surface area contributed by atoms with Crippen LogP contribution in [0.5, 0.6) is 11.5 Å². The Balaban J connectivity index is 1.32. The van der Waals surface area contributed by atoms with Crippen molar-refractivity contribution in [2.45, 2.75) is 31.9 Å². The van der Waals surface area contributed by atoms with Crippen LogP contribution in [0.1, 0.15) is 25.7 Å². The van der Waals surface area contributed by atoms with E-state index in [9.17, 15) is 25.9 Å². The highest BCUT2D eigenvalue weighted by atomic mass is 32.2. The maximum Gasteiger partial charge on any atom is 0.264 e. The van der Waals surface area contributed by atoms with E-state index in [0.29, 0.717) is 43.3 Å². The second kappa shape index (κ2) is 13.8. The van der Waals surface area contributed by atoms with E-state index in [0.717, 1.165) is 33.6 Å². The molecule has 0 saturated carbocycles. The highest BCUT2D eigenvalue weighted by Crippen LogP contribution is 2.44. The third-order valence-corrected chi connectivity index (χ3v) is 9.75. The van der Waals surface area contributed by atoms with Gasteiger partial charge in [0.15, 0.2) is 12.0 Å². The van der Waals surface area contributed by atoms with Gasteiger partial charge in [-0.05, 0) is 72.2 Å². The molecule has 246 valence electrons. The van der Waals surface area contributed by atoms with E-state index < -0.39 is 26.5 Å². The largest absolute Gasteiger partial charge is 0.465 e. The molecular formula is C35H36N2O8S2. The summed E-state index contributed by atoms with van der Waals surface area (Å²) in [7, 11) is -8.16. The first-order chi connectivity index (χ1) is 22.5. The first kappa shape index (κ1) is 32.6. The van der Waals surface area contributed by atoms with Crippen molar-refractivity contribution < 1.29 is 35.4 Å². The lowest BCUT2D eigenvalue weighted by atomic mass is 10.0. The zero-order chi connectivity index (χ0) is 33.0. The van der Waals surface area contributed by atoms with E-state index in [1.54, 1.807) is 0 Å². The summed E-state index contributed by atoms with van der Waals surface area (Å²) in [6.45, 7) is 0.882. The third kappa shape index (κ3) is 8.14. The summed E-state index contributed by atoms with van der Waals surface area (Å²) in [6, 6.07) is 31.8. The van der Waals surface area contributed by atoms with E-state index >= 15 is 0 Å². The van der Waals surface area contributed by atoms with Crippen molar-refractivity contribution in [3.05, 3.63) is 109 Å². The summed E-state index contributed by atoms with van der Waals surface area (Å²) in [5.41, 5.74) is 5.76. The van der Waals surface area contributed by atoms with Crippen LogP contribution in [-0.4, -0.2) is 56.8 Å². The van der Waals surface area contributed by atoms with Gasteiger partial charge in [-0.25, -0.2) is 0 Å². The standard InChI is InChI=1S/C35H36N2O8S2/c38-46(39,40)21-9-7-19-36-30-23-28(26-11-3-1-4-12-26)15-17-32(30)44-34(36)25-35-37(20-8-10-22-47(41,42)43)31-24-29(16-18-33(31)45-35)27-13-5-2-6-14-27/h1-6,11-18,23-25,34H,7-10,19-22H2,(H,38,39,40)(H,41,42,43). The minimum Gasteiger partial charge on any atom is -0.465 e. The number of unbranched alkanes of at least 4 members (excludes halogenated alkanes) is 2. The number of benzene rings is 4. The monoisotopic (exact) mass is 676 g/mol. The van der Waals surface area contributed by atoms with Crippen LogP contribution in [-0.2, 0) is 20.2 Å². The quantitative estimate of drug-likeness (QED) is 0.118. The maximum absolute atomic E-state index is 11.4. The number of hydrogen-bond donors (Lipinski definition) is 2. The van der Waals surface area contributed by atoms with Gasteiger partial charge < -0.3 is 19.3 Å². The number of fused-ring (bicyclic) bond motifs is 2. The predicted molar refractivity (Wildman–Crippen MR) is 183 cm³/mol. The van der Waals surface area contributed by atoms with Gasteiger partial charge in [-0.2, -0.15) is 16.8 Å². The lowest BCUT2D eigenvalue weighted by Gasteiger charge is -2.25. The second-order valence-electron chi connectivity index (χ2n) is 11.5. The fraction of sp³-hybridized carbons (Fsp3) is 0.257.